The van der Waals surface area contributed by atoms with E-state index in [9.17, 15) is 28.5 Å². The first-order chi connectivity index (χ1) is 14.7. The fourth-order valence-corrected chi connectivity index (χ4v) is 3.68. The Balaban J connectivity index is 1.74. The van der Waals surface area contributed by atoms with Gasteiger partial charge in [0.1, 0.15) is 11.6 Å². The summed E-state index contributed by atoms with van der Waals surface area (Å²) in [5.41, 5.74) is 0.345. The third-order valence-corrected chi connectivity index (χ3v) is 5.24. The summed E-state index contributed by atoms with van der Waals surface area (Å²) in [6.45, 7) is 4.28. The van der Waals surface area contributed by atoms with Crippen molar-refractivity contribution in [1.29, 1.82) is 0 Å². The van der Waals surface area contributed by atoms with Crippen LogP contribution in [-0.2, 0) is 0 Å². The second kappa shape index (κ2) is 9.20. The maximum absolute atomic E-state index is 13.9. The molecule has 0 aromatic heterocycles. The summed E-state index contributed by atoms with van der Waals surface area (Å²) in [6.07, 6.45) is 0.645. The highest BCUT2D eigenvalue weighted by Crippen LogP contribution is 2.28. The van der Waals surface area contributed by atoms with Crippen molar-refractivity contribution in [3.63, 3.8) is 0 Å². The van der Waals surface area contributed by atoms with Gasteiger partial charge < -0.3 is 10.2 Å². The molecule has 9 heteroatoms. The van der Waals surface area contributed by atoms with Crippen LogP contribution in [0.3, 0.4) is 0 Å². The van der Waals surface area contributed by atoms with E-state index in [0.717, 1.165) is 12.1 Å². The first kappa shape index (κ1) is 22.3. The van der Waals surface area contributed by atoms with Crippen LogP contribution in [0.4, 0.5) is 20.2 Å². The molecule has 0 spiro atoms. The molecule has 1 N–H and O–H groups in total. The minimum atomic E-state index is -0.899. The largest absolute Gasteiger partial charge is 0.382 e. The Hall–Kier alpha value is -3.36. The zero-order valence-electron chi connectivity index (χ0n) is 17.2. The van der Waals surface area contributed by atoms with Gasteiger partial charge in [0.25, 0.3) is 11.6 Å². The minimum Gasteiger partial charge on any atom is -0.382 e. The molecule has 1 aliphatic heterocycles. The summed E-state index contributed by atoms with van der Waals surface area (Å²) >= 11 is 0. The van der Waals surface area contributed by atoms with E-state index >= 15 is 0 Å². The van der Waals surface area contributed by atoms with Gasteiger partial charge in [0.2, 0.25) is 0 Å². The molecule has 1 amide bonds. The number of piperidine rings is 1. The number of hydrogen-bond acceptors (Lipinski definition) is 5. The van der Waals surface area contributed by atoms with Gasteiger partial charge in [0, 0.05) is 48.9 Å². The third-order valence-electron chi connectivity index (χ3n) is 5.24. The predicted molar refractivity (Wildman–Crippen MR) is 111 cm³/mol. The SMILES string of the molecule is CC(C)Nc1ccc([N+](=O)[O-])cc1C(=O)N1CCC(C(=O)c2ccc(F)cc2F)CC1. The molecule has 1 aliphatic rings. The molecule has 1 heterocycles. The molecule has 0 unspecified atom stereocenters. The number of amides is 1. The lowest BCUT2D eigenvalue weighted by atomic mass is 9.88. The number of likely N-dealkylation sites (tertiary alicyclic amines) is 1. The third kappa shape index (κ3) is 5.04. The Morgan fingerprint density at radius 1 is 1.10 bits per heavy atom. The molecule has 0 atom stereocenters. The van der Waals surface area contributed by atoms with Crippen LogP contribution in [0, 0.1) is 27.7 Å². The van der Waals surface area contributed by atoms with Crippen LogP contribution >= 0.6 is 0 Å². The van der Waals surface area contributed by atoms with Crippen LogP contribution in [0.5, 0.6) is 0 Å². The van der Waals surface area contributed by atoms with E-state index in [2.05, 4.69) is 5.32 Å². The summed E-state index contributed by atoms with van der Waals surface area (Å²) in [7, 11) is 0. The lowest BCUT2D eigenvalue weighted by molar-refractivity contribution is -0.384. The van der Waals surface area contributed by atoms with E-state index in [0.29, 0.717) is 24.6 Å². The Kier molecular flexibility index (Phi) is 6.62. The highest BCUT2D eigenvalue weighted by atomic mass is 19.1. The molecular weight excluding hydrogens is 408 g/mol. The molecule has 1 fully saturated rings. The number of ketones is 1. The Labute approximate surface area is 178 Å². The number of nitrogens with zero attached hydrogens (tertiary/aromatic N) is 2. The van der Waals surface area contributed by atoms with E-state index in [1.165, 1.54) is 23.1 Å². The van der Waals surface area contributed by atoms with E-state index in [1.807, 2.05) is 13.8 Å². The lowest BCUT2D eigenvalue weighted by Crippen LogP contribution is -2.40. The van der Waals surface area contributed by atoms with Crippen molar-refractivity contribution in [3.8, 4) is 0 Å². The van der Waals surface area contributed by atoms with Crippen molar-refractivity contribution in [2.24, 2.45) is 5.92 Å². The fraction of sp³-hybridized carbons (Fsp3) is 0.364. The molecule has 31 heavy (non-hydrogen) atoms. The average molecular weight is 431 g/mol. The highest BCUT2D eigenvalue weighted by molar-refractivity contribution is 6.01. The second-order valence-corrected chi connectivity index (χ2v) is 7.84. The summed E-state index contributed by atoms with van der Waals surface area (Å²) in [6, 6.07) is 6.97. The standard InChI is InChI=1S/C22H23F2N3O4/c1-13(2)25-20-6-4-16(27(30)31)12-18(20)22(29)26-9-7-14(8-10-26)21(28)17-5-3-15(23)11-19(17)24/h3-6,11-14,25H,7-10H2,1-2H3. The number of nitro groups is 1. The van der Waals surface area contributed by atoms with Gasteiger partial charge >= 0.3 is 0 Å². The second-order valence-electron chi connectivity index (χ2n) is 7.84. The smallest absolute Gasteiger partial charge is 0.270 e. The monoisotopic (exact) mass is 431 g/mol. The van der Waals surface area contributed by atoms with Crippen LogP contribution in [-0.4, -0.2) is 40.6 Å². The van der Waals surface area contributed by atoms with E-state index < -0.39 is 28.3 Å². The van der Waals surface area contributed by atoms with Crippen molar-refractivity contribution in [3.05, 3.63) is 69.3 Å². The Morgan fingerprint density at radius 2 is 1.77 bits per heavy atom. The summed E-state index contributed by atoms with van der Waals surface area (Å²) in [5, 5.41) is 14.3. The number of nitrogens with one attached hydrogen (secondary N) is 1. The quantitative estimate of drug-likeness (QED) is 0.415. The first-order valence-corrected chi connectivity index (χ1v) is 10.0. The lowest BCUT2D eigenvalue weighted by Gasteiger charge is -2.32. The van der Waals surface area contributed by atoms with Crippen molar-refractivity contribution < 1.29 is 23.3 Å². The molecule has 2 aromatic rings. The molecule has 0 radical (unpaired) electrons. The molecule has 0 saturated carbocycles. The Morgan fingerprint density at radius 3 is 2.35 bits per heavy atom. The van der Waals surface area contributed by atoms with Gasteiger partial charge in [0.15, 0.2) is 5.78 Å². The van der Waals surface area contributed by atoms with Gasteiger partial charge in [-0.05, 0) is 44.9 Å². The summed E-state index contributed by atoms with van der Waals surface area (Å²) in [4.78, 5) is 37.8. The van der Waals surface area contributed by atoms with Crippen molar-refractivity contribution in [2.75, 3.05) is 18.4 Å². The number of carbonyl (C=O) groups is 2. The average Bonchev–Trinajstić information content (AvgIpc) is 2.72. The molecule has 164 valence electrons. The van der Waals surface area contributed by atoms with Gasteiger partial charge in [-0.2, -0.15) is 0 Å². The van der Waals surface area contributed by atoms with Gasteiger partial charge in [-0.3, -0.25) is 19.7 Å². The summed E-state index contributed by atoms with van der Waals surface area (Å²) in [5.74, 6) is -2.92. The molecule has 0 bridgehead atoms. The number of halogens is 2. The van der Waals surface area contributed by atoms with Crippen LogP contribution in [0.1, 0.15) is 47.4 Å². The van der Waals surface area contributed by atoms with Gasteiger partial charge in [0.05, 0.1) is 16.1 Å². The van der Waals surface area contributed by atoms with Crippen LogP contribution in [0.2, 0.25) is 0 Å². The van der Waals surface area contributed by atoms with Crippen molar-refractivity contribution >= 4 is 23.1 Å². The van der Waals surface area contributed by atoms with Crippen LogP contribution in [0.15, 0.2) is 36.4 Å². The topological polar surface area (TPSA) is 92.6 Å². The van der Waals surface area contributed by atoms with Crippen molar-refractivity contribution in [2.45, 2.75) is 32.7 Å². The number of carbonyl (C=O) groups excluding carboxylic acids is 2. The molecule has 0 aliphatic carbocycles. The highest BCUT2D eigenvalue weighted by Gasteiger charge is 2.31. The number of nitro benzene ring substituents is 1. The molecule has 3 rings (SSSR count). The van der Waals surface area contributed by atoms with Gasteiger partial charge in [-0.15, -0.1) is 0 Å². The number of hydrogen-bond donors (Lipinski definition) is 1. The maximum Gasteiger partial charge on any atom is 0.270 e. The molecular formula is C22H23F2N3O4. The molecule has 1 saturated heterocycles. The zero-order valence-corrected chi connectivity index (χ0v) is 17.2. The molecule has 2 aromatic carbocycles. The van der Waals surface area contributed by atoms with Crippen LogP contribution < -0.4 is 5.32 Å². The first-order valence-electron chi connectivity index (χ1n) is 10.0. The van der Waals surface area contributed by atoms with E-state index in [4.69, 9.17) is 0 Å². The normalized spacial score (nSPS) is 14.5. The maximum atomic E-state index is 13.9. The minimum absolute atomic E-state index is 0.0157. The van der Waals surface area contributed by atoms with E-state index in [-0.39, 0.29) is 41.9 Å². The molecule has 7 nitrogen and oxygen atoms in total. The summed E-state index contributed by atoms with van der Waals surface area (Å²) < 4.78 is 27.0. The van der Waals surface area contributed by atoms with Gasteiger partial charge in [-0.25, -0.2) is 8.78 Å². The number of Topliss-reactive ketones (excluding diaryl/α,β-unsaturated/α-hetero) is 1. The zero-order chi connectivity index (χ0) is 22.7. The van der Waals surface area contributed by atoms with Gasteiger partial charge in [-0.1, -0.05) is 0 Å². The number of anilines is 1. The van der Waals surface area contributed by atoms with Crippen molar-refractivity contribution in [1.82, 2.24) is 4.90 Å². The van der Waals surface area contributed by atoms with Crippen LogP contribution in [0.25, 0.3) is 0 Å². The number of non-ortho nitro benzene ring substituents is 1. The fourth-order valence-electron chi connectivity index (χ4n) is 3.68. The number of rotatable bonds is 6. The number of benzene rings is 2. The van der Waals surface area contributed by atoms with E-state index in [1.54, 1.807) is 0 Å². The predicted octanol–water partition coefficient (Wildman–Crippen LogP) is 4.43. The Bertz CT molecular complexity index is 1020.